The molecule has 0 bridgehead atoms. The van der Waals surface area contributed by atoms with Crippen molar-refractivity contribution >= 4 is 50.5 Å². The SMILES string of the molecule is CCOC(=O)c1c(-c2ccc(OC)cc2)csc1NC(=O)COC(=O)c1ccc([N+](=O)[O-])s1. The number of anilines is 1. The quantitative estimate of drug-likeness (QED) is 0.266. The molecule has 2 aromatic heterocycles. The summed E-state index contributed by atoms with van der Waals surface area (Å²) in [5.41, 5.74) is 1.47. The summed E-state index contributed by atoms with van der Waals surface area (Å²) in [7, 11) is 1.55. The highest BCUT2D eigenvalue weighted by molar-refractivity contribution is 7.17. The van der Waals surface area contributed by atoms with Crippen LogP contribution in [0.3, 0.4) is 0 Å². The number of hydrogen-bond acceptors (Lipinski definition) is 10. The van der Waals surface area contributed by atoms with E-state index in [9.17, 15) is 24.5 Å². The minimum absolute atomic E-state index is 0.000344. The van der Waals surface area contributed by atoms with E-state index in [4.69, 9.17) is 14.2 Å². The molecule has 0 atom stereocenters. The molecule has 0 saturated carbocycles. The number of rotatable bonds is 9. The number of thiophene rings is 2. The zero-order chi connectivity index (χ0) is 24.0. The molecule has 0 fully saturated rings. The standard InChI is InChI=1S/C21H18N2O8S2/c1-3-30-21(26)18-14(12-4-6-13(29-2)7-5-12)11-32-19(18)22-16(24)10-31-20(25)15-8-9-17(33-15)23(27)28/h4-9,11H,3,10H2,1-2H3,(H,22,24). The summed E-state index contributed by atoms with van der Waals surface area (Å²) in [6, 6.07) is 9.47. The lowest BCUT2D eigenvalue weighted by Gasteiger charge is -2.09. The predicted octanol–water partition coefficient (Wildman–Crippen LogP) is 4.37. The molecule has 0 aliphatic carbocycles. The third-order valence-electron chi connectivity index (χ3n) is 4.23. The number of hydrogen-bond donors (Lipinski definition) is 1. The van der Waals surface area contributed by atoms with Crippen LogP contribution in [0, 0.1) is 10.1 Å². The van der Waals surface area contributed by atoms with Crippen molar-refractivity contribution in [2.45, 2.75) is 6.92 Å². The minimum Gasteiger partial charge on any atom is -0.497 e. The predicted molar refractivity (Wildman–Crippen MR) is 122 cm³/mol. The summed E-state index contributed by atoms with van der Waals surface area (Å²) in [4.78, 5) is 47.1. The molecular formula is C21H18N2O8S2. The largest absolute Gasteiger partial charge is 0.497 e. The number of ether oxygens (including phenoxy) is 3. The molecule has 0 spiro atoms. The van der Waals surface area contributed by atoms with E-state index >= 15 is 0 Å². The van der Waals surface area contributed by atoms with E-state index in [1.165, 1.54) is 12.1 Å². The Morgan fingerprint density at radius 2 is 1.79 bits per heavy atom. The van der Waals surface area contributed by atoms with Crippen LogP contribution in [0.5, 0.6) is 5.75 Å². The van der Waals surface area contributed by atoms with E-state index in [2.05, 4.69) is 5.32 Å². The van der Waals surface area contributed by atoms with Gasteiger partial charge in [-0.2, -0.15) is 0 Å². The highest BCUT2D eigenvalue weighted by Crippen LogP contribution is 2.37. The molecule has 172 valence electrons. The Bertz CT molecular complexity index is 1180. The van der Waals surface area contributed by atoms with Crippen molar-refractivity contribution in [2.24, 2.45) is 0 Å². The van der Waals surface area contributed by atoms with Crippen molar-refractivity contribution in [3.05, 3.63) is 62.3 Å². The Labute approximate surface area is 195 Å². The number of esters is 2. The van der Waals surface area contributed by atoms with Crippen molar-refractivity contribution in [1.82, 2.24) is 0 Å². The summed E-state index contributed by atoms with van der Waals surface area (Å²) in [5.74, 6) is -1.50. The van der Waals surface area contributed by atoms with Gasteiger partial charge in [0.1, 0.15) is 21.2 Å². The smallest absolute Gasteiger partial charge is 0.349 e. The molecule has 10 nitrogen and oxygen atoms in total. The first-order chi connectivity index (χ1) is 15.8. The van der Waals surface area contributed by atoms with E-state index < -0.39 is 29.4 Å². The van der Waals surface area contributed by atoms with Crippen LogP contribution in [0.1, 0.15) is 27.0 Å². The second kappa shape index (κ2) is 10.7. The molecule has 1 N–H and O–H groups in total. The van der Waals surface area contributed by atoms with Crippen LogP contribution in [0.15, 0.2) is 41.8 Å². The van der Waals surface area contributed by atoms with Gasteiger partial charge in [-0.3, -0.25) is 14.9 Å². The average Bonchev–Trinajstić information content (AvgIpc) is 3.46. The van der Waals surface area contributed by atoms with Gasteiger partial charge in [0.25, 0.3) is 5.91 Å². The molecule has 0 unspecified atom stereocenters. The molecule has 0 aliphatic heterocycles. The lowest BCUT2D eigenvalue weighted by Crippen LogP contribution is -2.21. The summed E-state index contributed by atoms with van der Waals surface area (Å²) in [6.07, 6.45) is 0. The number of nitrogens with zero attached hydrogens (tertiary/aromatic N) is 1. The monoisotopic (exact) mass is 490 g/mol. The molecule has 3 rings (SSSR count). The summed E-state index contributed by atoms with van der Waals surface area (Å²) >= 11 is 1.77. The summed E-state index contributed by atoms with van der Waals surface area (Å²) < 4.78 is 15.2. The molecular weight excluding hydrogens is 472 g/mol. The third-order valence-corrected chi connectivity index (χ3v) is 6.14. The van der Waals surface area contributed by atoms with Gasteiger partial charge in [0.15, 0.2) is 6.61 Å². The zero-order valence-electron chi connectivity index (χ0n) is 17.5. The first-order valence-electron chi connectivity index (χ1n) is 9.48. The van der Waals surface area contributed by atoms with Gasteiger partial charge in [-0.25, -0.2) is 9.59 Å². The minimum atomic E-state index is -0.862. The molecule has 2 heterocycles. The fraction of sp³-hybridized carbons (Fsp3) is 0.190. The molecule has 1 aromatic carbocycles. The number of amides is 1. The van der Waals surface area contributed by atoms with Crippen LogP contribution in [0.25, 0.3) is 11.1 Å². The van der Waals surface area contributed by atoms with Crippen molar-refractivity contribution in [2.75, 3.05) is 25.6 Å². The van der Waals surface area contributed by atoms with Crippen LogP contribution in [0.4, 0.5) is 10.0 Å². The maximum Gasteiger partial charge on any atom is 0.349 e. The second-order valence-corrected chi connectivity index (χ2v) is 8.26. The molecule has 0 radical (unpaired) electrons. The lowest BCUT2D eigenvalue weighted by atomic mass is 10.0. The molecule has 33 heavy (non-hydrogen) atoms. The van der Waals surface area contributed by atoms with Gasteiger partial charge in [-0.1, -0.05) is 23.5 Å². The lowest BCUT2D eigenvalue weighted by molar-refractivity contribution is -0.380. The molecule has 0 aliphatic rings. The van der Waals surface area contributed by atoms with Crippen LogP contribution < -0.4 is 10.1 Å². The van der Waals surface area contributed by atoms with Crippen molar-refractivity contribution < 1.29 is 33.5 Å². The van der Waals surface area contributed by atoms with E-state index in [-0.39, 0.29) is 27.0 Å². The van der Waals surface area contributed by atoms with E-state index in [0.717, 1.165) is 16.9 Å². The van der Waals surface area contributed by atoms with Gasteiger partial charge in [-0.15, -0.1) is 11.3 Å². The normalized spacial score (nSPS) is 10.4. The summed E-state index contributed by atoms with van der Waals surface area (Å²) in [5, 5.41) is 15.0. The van der Waals surface area contributed by atoms with Gasteiger partial charge < -0.3 is 19.5 Å². The van der Waals surface area contributed by atoms with Gasteiger partial charge in [0.05, 0.1) is 18.6 Å². The molecule has 3 aromatic rings. The fourth-order valence-electron chi connectivity index (χ4n) is 2.74. The van der Waals surface area contributed by atoms with Crippen molar-refractivity contribution in [3.8, 4) is 16.9 Å². The van der Waals surface area contributed by atoms with Crippen LogP contribution in [-0.4, -0.2) is 43.1 Å². The van der Waals surface area contributed by atoms with E-state index in [1.54, 1.807) is 43.7 Å². The first-order valence-corrected chi connectivity index (χ1v) is 11.2. The maximum absolute atomic E-state index is 12.6. The Morgan fingerprint density at radius 1 is 1.06 bits per heavy atom. The number of carbonyl (C=O) groups excluding carboxylic acids is 3. The van der Waals surface area contributed by atoms with E-state index in [1.807, 2.05) is 0 Å². The van der Waals surface area contributed by atoms with Gasteiger partial charge in [0.2, 0.25) is 0 Å². The Kier molecular flexibility index (Phi) is 7.74. The highest BCUT2D eigenvalue weighted by atomic mass is 32.1. The Hall–Kier alpha value is -3.77. The second-order valence-electron chi connectivity index (χ2n) is 6.32. The Morgan fingerprint density at radius 3 is 2.39 bits per heavy atom. The highest BCUT2D eigenvalue weighted by Gasteiger charge is 2.24. The fourth-order valence-corrected chi connectivity index (χ4v) is 4.43. The van der Waals surface area contributed by atoms with Crippen LogP contribution in [-0.2, 0) is 14.3 Å². The number of methoxy groups -OCH3 is 1. The van der Waals surface area contributed by atoms with Crippen molar-refractivity contribution in [3.63, 3.8) is 0 Å². The average molecular weight is 491 g/mol. The van der Waals surface area contributed by atoms with Crippen molar-refractivity contribution in [1.29, 1.82) is 0 Å². The Balaban J connectivity index is 1.74. The number of nitro groups is 1. The van der Waals surface area contributed by atoms with Crippen LogP contribution in [0.2, 0.25) is 0 Å². The van der Waals surface area contributed by atoms with Gasteiger partial charge in [-0.05, 0) is 30.7 Å². The first kappa shape index (κ1) is 23.9. The molecule has 12 heteroatoms. The number of benzene rings is 1. The van der Waals surface area contributed by atoms with Gasteiger partial charge in [0, 0.05) is 17.0 Å². The number of carbonyl (C=O) groups is 3. The topological polar surface area (TPSA) is 134 Å². The molecule has 1 amide bonds. The van der Waals surface area contributed by atoms with Crippen LogP contribution >= 0.6 is 22.7 Å². The van der Waals surface area contributed by atoms with Gasteiger partial charge >= 0.3 is 16.9 Å². The number of nitrogens with one attached hydrogen (secondary N) is 1. The third kappa shape index (κ3) is 5.73. The molecule has 0 saturated heterocycles. The van der Waals surface area contributed by atoms with E-state index in [0.29, 0.717) is 22.6 Å². The maximum atomic E-state index is 12.6. The zero-order valence-corrected chi connectivity index (χ0v) is 19.1. The summed E-state index contributed by atoms with van der Waals surface area (Å²) in [6.45, 7) is 1.18.